The molecule has 1 unspecified atom stereocenters. The Hall–Kier alpha value is -1.03. The fourth-order valence-corrected chi connectivity index (χ4v) is 2.31. The number of halogens is 3. The van der Waals surface area contributed by atoms with E-state index in [1.54, 1.807) is 24.3 Å². The SMILES string of the molecule is CCNC(Cc1cccc(Cl)c1F)c1ccc(Cl)o1. The summed E-state index contributed by atoms with van der Waals surface area (Å²) in [5.74, 6) is 0.302. The number of furan rings is 1. The minimum atomic E-state index is -0.385. The topological polar surface area (TPSA) is 25.2 Å². The molecule has 1 heterocycles. The zero-order chi connectivity index (χ0) is 13.8. The van der Waals surface area contributed by atoms with Crippen LogP contribution in [0.25, 0.3) is 0 Å². The first kappa shape index (κ1) is 14.4. The summed E-state index contributed by atoms with van der Waals surface area (Å²) in [5, 5.41) is 3.70. The van der Waals surface area contributed by atoms with E-state index in [2.05, 4.69) is 5.32 Å². The summed E-state index contributed by atoms with van der Waals surface area (Å²) in [6, 6.07) is 8.32. The van der Waals surface area contributed by atoms with Crippen LogP contribution in [0.5, 0.6) is 0 Å². The molecule has 1 aromatic carbocycles. The van der Waals surface area contributed by atoms with E-state index in [1.807, 2.05) is 6.92 Å². The van der Waals surface area contributed by atoms with Gasteiger partial charge < -0.3 is 9.73 Å². The second-order valence-electron chi connectivity index (χ2n) is 4.17. The Kier molecular flexibility index (Phi) is 4.86. The van der Waals surface area contributed by atoms with Crippen molar-refractivity contribution in [2.24, 2.45) is 0 Å². The maximum atomic E-state index is 13.9. The van der Waals surface area contributed by atoms with Crippen LogP contribution in [-0.2, 0) is 6.42 Å². The van der Waals surface area contributed by atoms with Crippen LogP contribution in [0.15, 0.2) is 34.7 Å². The van der Waals surface area contributed by atoms with E-state index in [-0.39, 0.29) is 16.9 Å². The number of nitrogens with one attached hydrogen (secondary N) is 1. The van der Waals surface area contributed by atoms with Gasteiger partial charge in [-0.2, -0.15) is 0 Å². The molecule has 2 rings (SSSR count). The molecule has 102 valence electrons. The van der Waals surface area contributed by atoms with Crippen molar-refractivity contribution in [1.29, 1.82) is 0 Å². The molecule has 0 bridgehead atoms. The van der Waals surface area contributed by atoms with E-state index >= 15 is 0 Å². The average molecular weight is 302 g/mol. The van der Waals surface area contributed by atoms with E-state index in [1.165, 1.54) is 6.07 Å². The van der Waals surface area contributed by atoms with Crippen LogP contribution in [0.3, 0.4) is 0 Å². The molecular formula is C14H14Cl2FNO. The zero-order valence-electron chi connectivity index (χ0n) is 10.4. The van der Waals surface area contributed by atoms with Gasteiger partial charge in [0.1, 0.15) is 11.6 Å². The highest BCUT2D eigenvalue weighted by Gasteiger charge is 2.18. The van der Waals surface area contributed by atoms with E-state index in [9.17, 15) is 4.39 Å². The zero-order valence-corrected chi connectivity index (χ0v) is 11.9. The lowest BCUT2D eigenvalue weighted by atomic mass is 10.0. The monoisotopic (exact) mass is 301 g/mol. The summed E-state index contributed by atoms with van der Waals surface area (Å²) in [4.78, 5) is 0. The van der Waals surface area contributed by atoms with Gasteiger partial charge in [0.2, 0.25) is 0 Å². The molecule has 0 saturated heterocycles. The molecule has 0 saturated carbocycles. The van der Waals surface area contributed by atoms with Crippen LogP contribution in [0.2, 0.25) is 10.2 Å². The quantitative estimate of drug-likeness (QED) is 0.872. The van der Waals surface area contributed by atoms with Crippen molar-refractivity contribution in [3.05, 3.63) is 57.7 Å². The molecule has 0 aliphatic rings. The van der Waals surface area contributed by atoms with Crippen molar-refractivity contribution in [2.45, 2.75) is 19.4 Å². The van der Waals surface area contributed by atoms with Gasteiger partial charge in [0.25, 0.3) is 0 Å². The van der Waals surface area contributed by atoms with Crippen molar-refractivity contribution in [1.82, 2.24) is 5.32 Å². The Morgan fingerprint density at radius 3 is 2.68 bits per heavy atom. The number of likely N-dealkylation sites (N-methyl/N-ethyl adjacent to an activating group) is 1. The Balaban J connectivity index is 2.23. The van der Waals surface area contributed by atoms with Gasteiger partial charge in [-0.05, 0) is 48.3 Å². The van der Waals surface area contributed by atoms with E-state index in [0.29, 0.717) is 23.0 Å². The molecule has 0 amide bonds. The van der Waals surface area contributed by atoms with Gasteiger partial charge in [0, 0.05) is 0 Å². The summed E-state index contributed by atoms with van der Waals surface area (Å²) in [5.41, 5.74) is 0.547. The number of hydrogen-bond acceptors (Lipinski definition) is 2. The molecule has 0 fully saturated rings. The lowest BCUT2D eigenvalue weighted by molar-refractivity contribution is 0.413. The molecule has 0 radical (unpaired) electrons. The Morgan fingerprint density at radius 2 is 2.05 bits per heavy atom. The summed E-state index contributed by atoms with van der Waals surface area (Å²) < 4.78 is 19.3. The normalized spacial score (nSPS) is 12.6. The summed E-state index contributed by atoms with van der Waals surface area (Å²) >= 11 is 11.6. The highest BCUT2D eigenvalue weighted by Crippen LogP contribution is 2.26. The molecule has 1 aromatic heterocycles. The molecule has 1 N–H and O–H groups in total. The van der Waals surface area contributed by atoms with Crippen LogP contribution in [0, 0.1) is 5.82 Å². The average Bonchev–Trinajstić information content (AvgIpc) is 2.81. The Bertz CT molecular complexity index is 556. The predicted octanol–water partition coefficient (Wildman–Crippen LogP) is 4.62. The summed E-state index contributed by atoms with van der Waals surface area (Å²) in [7, 11) is 0. The predicted molar refractivity (Wildman–Crippen MR) is 75.2 cm³/mol. The highest BCUT2D eigenvalue weighted by molar-refractivity contribution is 6.30. The third kappa shape index (κ3) is 3.50. The first-order chi connectivity index (χ1) is 9.11. The number of benzene rings is 1. The number of hydrogen-bond donors (Lipinski definition) is 1. The van der Waals surface area contributed by atoms with E-state index < -0.39 is 0 Å². The van der Waals surface area contributed by atoms with Crippen molar-refractivity contribution >= 4 is 23.2 Å². The largest absolute Gasteiger partial charge is 0.448 e. The fourth-order valence-electron chi connectivity index (χ4n) is 1.96. The van der Waals surface area contributed by atoms with Gasteiger partial charge in [-0.25, -0.2) is 4.39 Å². The lowest BCUT2D eigenvalue weighted by Gasteiger charge is -2.16. The van der Waals surface area contributed by atoms with Crippen LogP contribution in [0.1, 0.15) is 24.3 Å². The standard InChI is InChI=1S/C14H14Cl2FNO/c1-2-18-11(12-6-7-13(16)19-12)8-9-4-3-5-10(15)14(9)17/h3-7,11,18H,2,8H2,1H3. The van der Waals surface area contributed by atoms with Crippen LogP contribution >= 0.6 is 23.2 Å². The Morgan fingerprint density at radius 1 is 1.26 bits per heavy atom. The molecule has 2 aromatic rings. The van der Waals surface area contributed by atoms with Crippen molar-refractivity contribution in [3.63, 3.8) is 0 Å². The third-order valence-electron chi connectivity index (χ3n) is 2.84. The van der Waals surface area contributed by atoms with Gasteiger partial charge in [0.05, 0.1) is 11.1 Å². The number of rotatable bonds is 5. The first-order valence-electron chi connectivity index (χ1n) is 6.03. The third-order valence-corrected chi connectivity index (χ3v) is 3.34. The highest BCUT2D eigenvalue weighted by atomic mass is 35.5. The lowest BCUT2D eigenvalue weighted by Crippen LogP contribution is -2.22. The molecule has 0 spiro atoms. The Labute approximate surface area is 121 Å². The van der Waals surface area contributed by atoms with Crippen molar-refractivity contribution in [3.8, 4) is 0 Å². The van der Waals surface area contributed by atoms with Gasteiger partial charge in [-0.15, -0.1) is 0 Å². The van der Waals surface area contributed by atoms with Gasteiger partial charge in [-0.1, -0.05) is 30.7 Å². The molecule has 2 nitrogen and oxygen atoms in total. The van der Waals surface area contributed by atoms with Gasteiger partial charge in [0.15, 0.2) is 5.22 Å². The maximum Gasteiger partial charge on any atom is 0.193 e. The van der Waals surface area contributed by atoms with Gasteiger partial charge >= 0.3 is 0 Å². The maximum absolute atomic E-state index is 13.9. The summed E-state index contributed by atoms with van der Waals surface area (Å²) in [6.45, 7) is 2.72. The molecule has 1 atom stereocenters. The van der Waals surface area contributed by atoms with Gasteiger partial charge in [-0.3, -0.25) is 0 Å². The van der Waals surface area contributed by atoms with Crippen molar-refractivity contribution in [2.75, 3.05) is 6.54 Å². The summed E-state index contributed by atoms with van der Waals surface area (Å²) in [6.07, 6.45) is 0.448. The smallest absolute Gasteiger partial charge is 0.193 e. The molecule has 0 aliphatic heterocycles. The molecule has 5 heteroatoms. The first-order valence-corrected chi connectivity index (χ1v) is 6.79. The second-order valence-corrected chi connectivity index (χ2v) is 4.95. The van der Waals surface area contributed by atoms with Crippen LogP contribution in [-0.4, -0.2) is 6.54 Å². The minimum Gasteiger partial charge on any atom is -0.448 e. The molecular weight excluding hydrogens is 288 g/mol. The molecule has 0 aliphatic carbocycles. The molecule has 19 heavy (non-hydrogen) atoms. The van der Waals surface area contributed by atoms with E-state index in [0.717, 1.165) is 6.54 Å². The van der Waals surface area contributed by atoms with E-state index in [4.69, 9.17) is 27.6 Å². The van der Waals surface area contributed by atoms with Crippen molar-refractivity contribution < 1.29 is 8.81 Å². The minimum absolute atomic E-state index is 0.130. The fraction of sp³-hybridized carbons (Fsp3) is 0.286. The second kappa shape index (κ2) is 6.42. The van der Waals surface area contributed by atoms with Crippen LogP contribution in [0.4, 0.5) is 4.39 Å². The van der Waals surface area contributed by atoms with Crippen LogP contribution < -0.4 is 5.32 Å².